The number of alkyl halides is 3. The van der Waals surface area contributed by atoms with Crippen molar-refractivity contribution in [2.75, 3.05) is 0 Å². The Morgan fingerprint density at radius 3 is 2.44 bits per heavy atom. The van der Waals surface area contributed by atoms with E-state index >= 15 is 0 Å². The quantitative estimate of drug-likeness (QED) is 0.701. The number of hydrogen-bond donors (Lipinski definition) is 0. The van der Waals surface area contributed by atoms with Gasteiger partial charge in [-0.25, -0.2) is 0 Å². The minimum absolute atomic E-state index is 0.0125. The van der Waals surface area contributed by atoms with E-state index in [0.717, 1.165) is 12.1 Å². The number of benzene rings is 1. The van der Waals surface area contributed by atoms with Crippen molar-refractivity contribution >= 4 is 0 Å². The Hall–Kier alpha value is -1.76. The number of rotatable bonds is 2. The summed E-state index contributed by atoms with van der Waals surface area (Å²) in [4.78, 5) is 0. The largest absolute Gasteiger partial charge is 0.416 e. The van der Waals surface area contributed by atoms with Crippen molar-refractivity contribution < 1.29 is 13.2 Å². The molecule has 1 atom stereocenters. The average Bonchev–Trinajstić information content (AvgIpc) is 2.26. The lowest BCUT2D eigenvalue weighted by Gasteiger charge is -2.12. The molecule has 1 aromatic carbocycles. The maximum Gasteiger partial charge on any atom is 0.416 e. The summed E-state index contributed by atoms with van der Waals surface area (Å²) >= 11 is 0. The Kier molecular flexibility index (Phi) is 3.38. The Morgan fingerprint density at radius 2 is 2.00 bits per heavy atom. The molecule has 0 heterocycles. The molecule has 0 spiro atoms. The fourth-order valence-electron chi connectivity index (χ4n) is 1.28. The Balaban J connectivity index is 3.33. The van der Waals surface area contributed by atoms with Gasteiger partial charge in [-0.1, -0.05) is 13.0 Å². The molecule has 0 aliphatic heterocycles. The van der Waals surface area contributed by atoms with E-state index in [4.69, 9.17) is 5.26 Å². The van der Waals surface area contributed by atoms with Gasteiger partial charge >= 0.3 is 6.18 Å². The highest BCUT2D eigenvalue weighted by Crippen LogP contribution is 2.32. The first-order chi connectivity index (χ1) is 7.38. The number of hydrogen-bond acceptors (Lipinski definition) is 1. The summed E-state index contributed by atoms with van der Waals surface area (Å²) in [7, 11) is 0. The van der Waals surface area contributed by atoms with E-state index in [-0.39, 0.29) is 11.5 Å². The minimum Gasteiger partial charge on any atom is -0.192 e. The van der Waals surface area contributed by atoms with Gasteiger partial charge in [0.05, 0.1) is 17.2 Å². The molecule has 0 aliphatic carbocycles. The van der Waals surface area contributed by atoms with Crippen LogP contribution in [0.1, 0.15) is 29.5 Å². The van der Waals surface area contributed by atoms with Crippen LogP contribution in [-0.4, -0.2) is 0 Å². The molecule has 0 bridgehead atoms. The molecule has 84 valence electrons. The van der Waals surface area contributed by atoms with Crippen LogP contribution < -0.4 is 0 Å². The summed E-state index contributed by atoms with van der Waals surface area (Å²) in [5.41, 5.74) is -0.338. The van der Waals surface area contributed by atoms with Gasteiger partial charge in [-0.05, 0) is 29.7 Å². The summed E-state index contributed by atoms with van der Waals surface area (Å²) in [6.45, 7) is 5.25. The van der Waals surface area contributed by atoms with Gasteiger partial charge in [0, 0.05) is 0 Å². The lowest BCUT2D eigenvalue weighted by atomic mass is 9.96. The Morgan fingerprint density at radius 1 is 1.38 bits per heavy atom. The molecule has 1 rings (SSSR count). The van der Waals surface area contributed by atoms with Gasteiger partial charge < -0.3 is 0 Å². The standard InChI is InChI=1S/C12H10F3N/c1-3-8(2)10-4-9(7-16)5-11(6-10)12(13,14)15/h3-6,8H,1H2,2H3. The van der Waals surface area contributed by atoms with Crippen LogP contribution in [-0.2, 0) is 6.18 Å². The van der Waals surface area contributed by atoms with E-state index in [9.17, 15) is 13.2 Å². The van der Waals surface area contributed by atoms with Gasteiger partial charge in [0.1, 0.15) is 0 Å². The van der Waals surface area contributed by atoms with Gasteiger partial charge in [-0.3, -0.25) is 0 Å². The molecule has 0 amide bonds. The molecule has 0 saturated heterocycles. The molecule has 0 aliphatic rings. The van der Waals surface area contributed by atoms with Gasteiger partial charge in [0.25, 0.3) is 0 Å². The van der Waals surface area contributed by atoms with Crippen molar-refractivity contribution in [2.45, 2.75) is 19.0 Å². The molecule has 4 heteroatoms. The molecule has 16 heavy (non-hydrogen) atoms. The van der Waals surface area contributed by atoms with E-state index in [1.807, 2.05) is 0 Å². The highest BCUT2D eigenvalue weighted by Gasteiger charge is 2.31. The normalized spacial score (nSPS) is 12.9. The lowest BCUT2D eigenvalue weighted by molar-refractivity contribution is -0.137. The second-order valence-electron chi connectivity index (χ2n) is 3.48. The topological polar surface area (TPSA) is 23.8 Å². The maximum atomic E-state index is 12.5. The van der Waals surface area contributed by atoms with Gasteiger partial charge in [-0.15, -0.1) is 6.58 Å². The molecule has 0 fully saturated rings. The second-order valence-corrected chi connectivity index (χ2v) is 3.48. The molecule has 1 nitrogen and oxygen atoms in total. The van der Waals surface area contributed by atoms with Crippen molar-refractivity contribution in [3.8, 4) is 6.07 Å². The van der Waals surface area contributed by atoms with E-state index in [1.54, 1.807) is 13.0 Å². The van der Waals surface area contributed by atoms with E-state index < -0.39 is 11.7 Å². The smallest absolute Gasteiger partial charge is 0.192 e. The summed E-state index contributed by atoms with van der Waals surface area (Å²) in [6, 6.07) is 5.07. The molecular formula is C12H10F3N. The van der Waals surface area contributed by atoms with Crippen LogP contribution >= 0.6 is 0 Å². The number of allylic oxidation sites excluding steroid dienone is 1. The summed E-state index contributed by atoms with van der Waals surface area (Å²) in [6.07, 6.45) is -2.89. The fourth-order valence-corrected chi connectivity index (χ4v) is 1.28. The summed E-state index contributed by atoms with van der Waals surface area (Å²) in [5, 5.41) is 8.66. The molecule has 1 unspecified atom stereocenters. The van der Waals surface area contributed by atoms with Crippen molar-refractivity contribution in [2.24, 2.45) is 0 Å². The highest BCUT2D eigenvalue weighted by molar-refractivity contribution is 5.40. The van der Waals surface area contributed by atoms with Crippen LogP contribution in [0, 0.1) is 11.3 Å². The maximum absolute atomic E-state index is 12.5. The van der Waals surface area contributed by atoms with Crippen molar-refractivity contribution in [3.05, 3.63) is 47.5 Å². The predicted octanol–water partition coefficient (Wildman–Crippen LogP) is 3.87. The van der Waals surface area contributed by atoms with E-state index in [0.29, 0.717) is 5.56 Å². The molecule has 0 aromatic heterocycles. The van der Waals surface area contributed by atoms with Gasteiger partial charge in [0.15, 0.2) is 0 Å². The molecule has 1 aromatic rings. The van der Waals surface area contributed by atoms with Gasteiger partial charge in [-0.2, -0.15) is 18.4 Å². The summed E-state index contributed by atoms with van der Waals surface area (Å²) < 4.78 is 37.5. The van der Waals surface area contributed by atoms with Crippen molar-refractivity contribution in [3.63, 3.8) is 0 Å². The number of nitrogens with zero attached hydrogens (tertiary/aromatic N) is 1. The van der Waals surface area contributed by atoms with E-state index in [1.165, 1.54) is 12.1 Å². The fraction of sp³-hybridized carbons (Fsp3) is 0.250. The van der Waals surface area contributed by atoms with Crippen LogP contribution in [0.2, 0.25) is 0 Å². The zero-order valence-electron chi connectivity index (χ0n) is 8.67. The first-order valence-corrected chi connectivity index (χ1v) is 4.63. The molecule has 0 saturated carbocycles. The van der Waals surface area contributed by atoms with Crippen LogP contribution in [0.4, 0.5) is 13.2 Å². The lowest BCUT2D eigenvalue weighted by Crippen LogP contribution is -2.06. The Labute approximate surface area is 91.8 Å². The number of halogens is 3. The number of nitriles is 1. The third-order valence-corrected chi connectivity index (χ3v) is 2.29. The third-order valence-electron chi connectivity index (χ3n) is 2.29. The minimum atomic E-state index is -4.43. The van der Waals surface area contributed by atoms with Crippen LogP contribution in [0.15, 0.2) is 30.9 Å². The Bertz CT molecular complexity index is 441. The zero-order valence-corrected chi connectivity index (χ0v) is 8.67. The summed E-state index contributed by atoms with van der Waals surface area (Å²) in [5.74, 6) is -0.214. The molecule has 0 radical (unpaired) electrons. The van der Waals surface area contributed by atoms with Crippen molar-refractivity contribution in [1.82, 2.24) is 0 Å². The first kappa shape index (κ1) is 12.3. The SMILES string of the molecule is C=CC(C)c1cc(C#N)cc(C(F)(F)F)c1. The molecule has 0 N–H and O–H groups in total. The third kappa shape index (κ3) is 2.63. The predicted molar refractivity (Wildman–Crippen MR) is 54.8 cm³/mol. The average molecular weight is 225 g/mol. The molecular weight excluding hydrogens is 215 g/mol. The highest BCUT2D eigenvalue weighted by atomic mass is 19.4. The van der Waals surface area contributed by atoms with Crippen LogP contribution in [0.3, 0.4) is 0 Å². The van der Waals surface area contributed by atoms with Crippen LogP contribution in [0.5, 0.6) is 0 Å². The second kappa shape index (κ2) is 4.40. The van der Waals surface area contributed by atoms with Gasteiger partial charge in [0.2, 0.25) is 0 Å². The first-order valence-electron chi connectivity index (χ1n) is 4.63. The van der Waals surface area contributed by atoms with E-state index in [2.05, 4.69) is 6.58 Å². The van der Waals surface area contributed by atoms with Crippen molar-refractivity contribution in [1.29, 1.82) is 5.26 Å². The zero-order chi connectivity index (χ0) is 12.3. The monoisotopic (exact) mass is 225 g/mol. The van der Waals surface area contributed by atoms with Crippen LogP contribution in [0.25, 0.3) is 0 Å².